The van der Waals surface area contributed by atoms with Crippen molar-refractivity contribution in [3.8, 4) is 0 Å². The van der Waals surface area contributed by atoms with Crippen LogP contribution in [-0.4, -0.2) is 36.6 Å². The molecule has 1 N–H and O–H groups in total. The molecular weight excluding hydrogens is 275 g/mol. The van der Waals surface area contributed by atoms with E-state index in [-0.39, 0.29) is 17.6 Å². The number of esters is 1. The van der Waals surface area contributed by atoms with Crippen LogP contribution in [0.4, 0.5) is 14.9 Å². The number of likely N-dealkylation sites (tertiary alicyclic amines) is 1. The third-order valence-electron chi connectivity index (χ3n) is 3.44. The fourth-order valence-electron chi connectivity index (χ4n) is 2.37. The fourth-order valence-corrected chi connectivity index (χ4v) is 2.37. The standard InChI is InChI=1S/C15H19FN2O3/c1-2-21-14(19)11-6-5-9-18(10-11)15(20)17-13-8-4-3-7-12(13)16/h3-4,7-8,11H,2,5-6,9-10H2,1H3,(H,17,20)/t11-/m1/s1. The van der Waals surface area contributed by atoms with E-state index in [9.17, 15) is 14.0 Å². The first-order valence-electron chi connectivity index (χ1n) is 7.09. The maximum atomic E-state index is 13.5. The number of carbonyl (C=O) groups excluding carboxylic acids is 2. The van der Waals surface area contributed by atoms with Gasteiger partial charge >= 0.3 is 12.0 Å². The minimum absolute atomic E-state index is 0.140. The van der Waals surface area contributed by atoms with E-state index in [1.807, 2.05) is 0 Å². The van der Waals surface area contributed by atoms with Crippen LogP contribution in [0.5, 0.6) is 0 Å². The van der Waals surface area contributed by atoms with E-state index in [0.29, 0.717) is 26.1 Å². The van der Waals surface area contributed by atoms with E-state index in [1.54, 1.807) is 19.1 Å². The van der Waals surface area contributed by atoms with Crippen LogP contribution in [0.1, 0.15) is 19.8 Å². The molecule has 2 rings (SSSR count). The summed E-state index contributed by atoms with van der Waals surface area (Å²) in [6.07, 6.45) is 1.44. The smallest absolute Gasteiger partial charge is 0.321 e. The van der Waals surface area contributed by atoms with E-state index in [2.05, 4.69) is 5.32 Å². The van der Waals surface area contributed by atoms with Crippen LogP contribution in [0.2, 0.25) is 0 Å². The molecule has 1 aliphatic heterocycles. The van der Waals surface area contributed by atoms with Crippen LogP contribution in [-0.2, 0) is 9.53 Å². The van der Waals surface area contributed by atoms with Gasteiger partial charge in [-0.3, -0.25) is 4.79 Å². The van der Waals surface area contributed by atoms with E-state index in [0.717, 1.165) is 6.42 Å². The van der Waals surface area contributed by atoms with Gasteiger partial charge in [-0.15, -0.1) is 0 Å². The van der Waals surface area contributed by atoms with Gasteiger partial charge in [-0.25, -0.2) is 9.18 Å². The van der Waals surface area contributed by atoms with Crippen LogP contribution in [0.25, 0.3) is 0 Å². The van der Waals surface area contributed by atoms with Gasteiger partial charge in [0, 0.05) is 13.1 Å². The zero-order valence-corrected chi connectivity index (χ0v) is 12.0. The third kappa shape index (κ3) is 3.93. The molecule has 1 heterocycles. The Morgan fingerprint density at radius 3 is 2.90 bits per heavy atom. The normalized spacial score (nSPS) is 18.2. The number of urea groups is 1. The average molecular weight is 294 g/mol. The largest absolute Gasteiger partial charge is 0.466 e. The van der Waals surface area contributed by atoms with Crippen LogP contribution in [0.15, 0.2) is 24.3 Å². The van der Waals surface area contributed by atoms with E-state index >= 15 is 0 Å². The minimum atomic E-state index is -0.482. The van der Waals surface area contributed by atoms with Gasteiger partial charge in [0.05, 0.1) is 18.2 Å². The lowest BCUT2D eigenvalue weighted by Crippen LogP contribution is -2.44. The summed E-state index contributed by atoms with van der Waals surface area (Å²) in [5.74, 6) is -1.06. The Bertz CT molecular complexity index is 521. The molecule has 0 unspecified atom stereocenters. The number of ether oxygens (including phenoxy) is 1. The summed E-state index contributed by atoms with van der Waals surface area (Å²) in [5.41, 5.74) is 0.140. The SMILES string of the molecule is CCOC(=O)[C@@H]1CCCN(C(=O)Nc2ccccc2F)C1. The summed E-state index contributed by atoms with van der Waals surface area (Å²) in [7, 11) is 0. The molecule has 21 heavy (non-hydrogen) atoms. The second-order valence-electron chi connectivity index (χ2n) is 4.95. The highest BCUT2D eigenvalue weighted by Gasteiger charge is 2.29. The Balaban J connectivity index is 1.96. The number of amides is 2. The Kier molecular flexibility index (Phi) is 5.14. The fraction of sp³-hybridized carbons (Fsp3) is 0.467. The average Bonchev–Trinajstić information content (AvgIpc) is 2.50. The molecule has 0 bridgehead atoms. The van der Waals surface area contributed by atoms with Crippen molar-refractivity contribution < 1.29 is 18.7 Å². The van der Waals surface area contributed by atoms with Gasteiger partial charge in [0.2, 0.25) is 0 Å². The highest BCUT2D eigenvalue weighted by Crippen LogP contribution is 2.20. The summed E-state index contributed by atoms with van der Waals surface area (Å²) in [5, 5.41) is 2.53. The molecular formula is C15H19FN2O3. The quantitative estimate of drug-likeness (QED) is 0.872. The number of benzene rings is 1. The lowest BCUT2D eigenvalue weighted by atomic mass is 9.98. The van der Waals surface area contributed by atoms with E-state index < -0.39 is 11.8 Å². The summed E-state index contributed by atoms with van der Waals surface area (Å²) in [6, 6.07) is 5.60. The third-order valence-corrected chi connectivity index (χ3v) is 3.44. The maximum Gasteiger partial charge on any atom is 0.321 e. The molecule has 114 valence electrons. The number of anilines is 1. The molecule has 1 aliphatic rings. The first-order chi connectivity index (χ1) is 10.1. The number of piperidine rings is 1. The summed E-state index contributed by atoms with van der Waals surface area (Å²) >= 11 is 0. The molecule has 6 heteroatoms. The summed E-state index contributed by atoms with van der Waals surface area (Å²) in [4.78, 5) is 25.4. The number of halogens is 1. The van der Waals surface area contributed by atoms with Crippen LogP contribution in [0.3, 0.4) is 0 Å². The van der Waals surface area contributed by atoms with E-state index in [4.69, 9.17) is 4.74 Å². The Labute approximate surface area is 123 Å². The predicted molar refractivity (Wildman–Crippen MR) is 76.3 cm³/mol. The predicted octanol–water partition coefficient (Wildman–Crippen LogP) is 2.63. The molecule has 1 aromatic rings. The van der Waals surface area contributed by atoms with Gasteiger partial charge in [-0.2, -0.15) is 0 Å². The van der Waals surface area contributed by atoms with Crippen molar-refractivity contribution in [2.24, 2.45) is 5.92 Å². The Morgan fingerprint density at radius 2 is 2.19 bits per heavy atom. The first-order valence-corrected chi connectivity index (χ1v) is 7.09. The zero-order chi connectivity index (χ0) is 15.2. The molecule has 2 amide bonds. The summed E-state index contributed by atoms with van der Waals surface area (Å²) in [6.45, 7) is 2.94. The first kappa shape index (κ1) is 15.3. The number of para-hydroxylation sites is 1. The number of hydrogen-bond donors (Lipinski definition) is 1. The number of hydrogen-bond acceptors (Lipinski definition) is 3. The molecule has 0 saturated carbocycles. The zero-order valence-electron chi connectivity index (χ0n) is 12.0. The molecule has 1 atom stereocenters. The molecule has 5 nitrogen and oxygen atoms in total. The van der Waals surface area contributed by atoms with Gasteiger partial charge in [0.25, 0.3) is 0 Å². The lowest BCUT2D eigenvalue weighted by Gasteiger charge is -2.31. The van der Waals surface area contributed by atoms with Crippen molar-refractivity contribution in [2.45, 2.75) is 19.8 Å². The number of carbonyl (C=O) groups is 2. The molecule has 1 fully saturated rings. The van der Waals surface area contributed by atoms with Gasteiger partial charge in [0.15, 0.2) is 0 Å². The molecule has 0 spiro atoms. The highest BCUT2D eigenvalue weighted by molar-refractivity contribution is 5.90. The van der Waals surface area contributed by atoms with Gasteiger partial charge in [0.1, 0.15) is 5.82 Å². The summed E-state index contributed by atoms with van der Waals surface area (Å²) < 4.78 is 18.5. The van der Waals surface area contributed by atoms with Crippen molar-refractivity contribution in [3.05, 3.63) is 30.1 Å². The van der Waals surface area contributed by atoms with Crippen molar-refractivity contribution in [3.63, 3.8) is 0 Å². The maximum absolute atomic E-state index is 13.5. The van der Waals surface area contributed by atoms with Gasteiger partial charge < -0.3 is 15.0 Å². The molecule has 1 aromatic carbocycles. The van der Waals surface area contributed by atoms with Crippen LogP contribution < -0.4 is 5.32 Å². The number of nitrogens with zero attached hydrogens (tertiary/aromatic N) is 1. The Morgan fingerprint density at radius 1 is 1.43 bits per heavy atom. The van der Waals surface area contributed by atoms with Crippen molar-refractivity contribution in [1.82, 2.24) is 4.90 Å². The second kappa shape index (κ2) is 7.06. The van der Waals surface area contributed by atoms with Crippen molar-refractivity contribution >= 4 is 17.7 Å². The van der Waals surface area contributed by atoms with Crippen LogP contribution in [0, 0.1) is 11.7 Å². The topological polar surface area (TPSA) is 58.6 Å². The molecule has 1 saturated heterocycles. The molecule has 0 radical (unpaired) electrons. The Hall–Kier alpha value is -2.11. The van der Waals surface area contributed by atoms with Gasteiger partial charge in [-0.1, -0.05) is 12.1 Å². The minimum Gasteiger partial charge on any atom is -0.466 e. The monoisotopic (exact) mass is 294 g/mol. The molecule has 0 aromatic heterocycles. The van der Waals surface area contributed by atoms with E-state index in [1.165, 1.54) is 17.0 Å². The molecule has 0 aliphatic carbocycles. The van der Waals surface area contributed by atoms with Crippen molar-refractivity contribution in [2.75, 3.05) is 25.0 Å². The lowest BCUT2D eigenvalue weighted by molar-refractivity contribution is -0.149. The number of rotatable bonds is 3. The second-order valence-corrected chi connectivity index (χ2v) is 4.95. The number of nitrogens with one attached hydrogen (secondary N) is 1. The van der Waals surface area contributed by atoms with Gasteiger partial charge in [-0.05, 0) is 31.9 Å². The highest BCUT2D eigenvalue weighted by atomic mass is 19.1. The van der Waals surface area contributed by atoms with Crippen LogP contribution >= 0.6 is 0 Å². The van der Waals surface area contributed by atoms with Crippen molar-refractivity contribution in [1.29, 1.82) is 0 Å².